The van der Waals surface area contributed by atoms with E-state index in [0.29, 0.717) is 32.0 Å². The normalized spacial score (nSPS) is 15.2. The van der Waals surface area contributed by atoms with Crippen molar-refractivity contribution in [2.45, 2.75) is 6.18 Å². The molecular weight excluding hydrogens is 359 g/mol. The molecule has 0 atom stereocenters. The Hall–Kier alpha value is -3.17. The highest BCUT2D eigenvalue weighted by atomic mass is 19.4. The van der Waals surface area contributed by atoms with E-state index in [1.54, 1.807) is 15.8 Å². The molecule has 140 valence electrons. The molecule has 4 rings (SSSR count). The van der Waals surface area contributed by atoms with Crippen molar-refractivity contribution in [3.63, 3.8) is 0 Å². The van der Waals surface area contributed by atoms with Gasteiger partial charge < -0.3 is 9.80 Å². The first-order valence-electron chi connectivity index (χ1n) is 8.38. The number of rotatable bonds is 3. The molecule has 10 heteroatoms. The lowest BCUT2D eigenvalue weighted by atomic mass is 10.3. The zero-order chi connectivity index (χ0) is 18.9. The molecule has 3 aromatic rings. The van der Waals surface area contributed by atoms with E-state index in [1.165, 1.54) is 0 Å². The zero-order valence-corrected chi connectivity index (χ0v) is 14.2. The number of aromatic nitrogens is 5. The maximum absolute atomic E-state index is 12.8. The minimum absolute atomic E-state index is 0.0997. The summed E-state index contributed by atoms with van der Waals surface area (Å²) in [7, 11) is 0. The average Bonchev–Trinajstić information content (AvgIpc) is 3.23. The van der Waals surface area contributed by atoms with Gasteiger partial charge in [0.2, 0.25) is 5.95 Å². The fourth-order valence-corrected chi connectivity index (χ4v) is 2.91. The first-order valence-corrected chi connectivity index (χ1v) is 8.38. The molecular formula is C17H16F3N7. The molecule has 0 aromatic carbocycles. The van der Waals surface area contributed by atoms with E-state index in [1.807, 2.05) is 30.5 Å². The van der Waals surface area contributed by atoms with Crippen LogP contribution in [0.25, 0.3) is 5.82 Å². The van der Waals surface area contributed by atoms with Gasteiger partial charge in [-0.15, -0.1) is 0 Å². The molecule has 27 heavy (non-hydrogen) atoms. The molecule has 1 saturated heterocycles. The van der Waals surface area contributed by atoms with Crippen LogP contribution in [0.4, 0.5) is 24.9 Å². The van der Waals surface area contributed by atoms with Crippen LogP contribution in [-0.2, 0) is 6.18 Å². The van der Waals surface area contributed by atoms with Crippen molar-refractivity contribution in [2.75, 3.05) is 36.0 Å². The standard InChI is InChI=1S/C17H16F3N7/c18-17(19,20)13-5-7-21-16(23-13)26-11-9-25(10-12-26)14-3-1-4-15(24-14)27-8-2-6-22-27/h1-8H,9-12H2. The van der Waals surface area contributed by atoms with Crippen LogP contribution in [-0.4, -0.2) is 50.9 Å². The summed E-state index contributed by atoms with van der Waals surface area (Å²) in [4.78, 5) is 16.1. The summed E-state index contributed by atoms with van der Waals surface area (Å²) in [6, 6.07) is 8.38. The number of nitrogens with zero attached hydrogens (tertiary/aromatic N) is 7. The molecule has 0 unspecified atom stereocenters. The summed E-state index contributed by atoms with van der Waals surface area (Å²) in [5.41, 5.74) is -0.927. The van der Waals surface area contributed by atoms with Gasteiger partial charge in [-0.2, -0.15) is 18.3 Å². The minimum atomic E-state index is -4.48. The van der Waals surface area contributed by atoms with Gasteiger partial charge in [0, 0.05) is 44.8 Å². The Bertz CT molecular complexity index is 903. The van der Waals surface area contributed by atoms with Crippen LogP contribution in [0.15, 0.2) is 48.9 Å². The van der Waals surface area contributed by atoms with Gasteiger partial charge in [-0.3, -0.25) is 0 Å². The lowest BCUT2D eigenvalue weighted by Gasteiger charge is -2.35. The summed E-state index contributed by atoms with van der Waals surface area (Å²) in [5, 5.41) is 4.17. The number of halogens is 3. The van der Waals surface area contributed by atoms with Crippen LogP contribution in [0.2, 0.25) is 0 Å². The molecule has 7 nitrogen and oxygen atoms in total. The molecule has 0 aliphatic carbocycles. The Morgan fingerprint density at radius 1 is 0.815 bits per heavy atom. The predicted molar refractivity (Wildman–Crippen MR) is 92.8 cm³/mol. The largest absolute Gasteiger partial charge is 0.433 e. The summed E-state index contributed by atoms with van der Waals surface area (Å²) >= 11 is 0. The van der Waals surface area contributed by atoms with E-state index in [0.717, 1.165) is 18.1 Å². The van der Waals surface area contributed by atoms with Crippen molar-refractivity contribution in [3.05, 3.63) is 54.6 Å². The van der Waals surface area contributed by atoms with E-state index in [2.05, 4.69) is 25.0 Å². The van der Waals surface area contributed by atoms with Gasteiger partial charge in [-0.25, -0.2) is 19.6 Å². The number of piperazine rings is 1. The Kier molecular flexibility index (Phi) is 4.38. The highest BCUT2D eigenvalue weighted by molar-refractivity contribution is 5.45. The summed E-state index contributed by atoms with van der Waals surface area (Å²) in [6.45, 7) is 2.23. The lowest BCUT2D eigenvalue weighted by molar-refractivity contribution is -0.141. The third-order valence-corrected chi connectivity index (χ3v) is 4.28. The van der Waals surface area contributed by atoms with Crippen LogP contribution in [0.3, 0.4) is 0 Å². The summed E-state index contributed by atoms with van der Waals surface area (Å²) in [6.07, 6.45) is 0.167. The molecule has 1 aliphatic heterocycles. The van der Waals surface area contributed by atoms with Crippen LogP contribution in [0.5, 0.6) is 0 Å². The van der Waals surface area contributed by atoms with E-state index in [9.17, 15) is 13.2 Å². The minimum Gasteiger partial charge on any atom is -0.353 e. The number of hydrogen-bond acceptors (Lipinski definition) is 6. The SMILES string of the molecule is FC(F)(F)c1ccnc(N2CCN(c3cccc(-n4cccn4)n3)CC2)n1. The Morgan fingerprint density at radius 3 is 2.26 bits per heavy atom. The van der Waals surface area contributed by atoms with Gasteiger partial charge >= 0.3 is 6.18 Å². The number of anilines is 2. The van der Waals surface area contributed by atoms with Gasteiger partial charge in [0.1, 0.15) is 11.5 Å². The van der Waals surface area contributed by atoms with Crippen LogP contribution >= 0.6 is 0 Å². The van der Waals surface area contributed by atoms with Crippen molar-refractivity contribution in [3.8, 4) is 5.82 Å². The van der Waals surface area contributed by atoms with Crippen molar-refractivity contribution in [2.24, 2.45) is 0 Å². The first-order chi connectivity index (χ1) is 13.0. The van der Waals surface area contributed by atoms with Crippen molar-refractivity contribution in [1.29, 1.82) is 0 Å². The van der Waals surface area contributed by atoms with Crippen molar-refractivity contribution in [1.82, 2.24) is 24.7 Å². The Morgan fingerprint density at radius 2 is 1.56 bits per heavy atom. The quantitative estimate of drug-likeness (QED) is 0.701. The molecule has 0 amide bonds. The molecule has 4 heterocycles. The number of pyridine rings is 1. The Balaban J connectivity index is 1.46. The summed E-state index contributed by atoms with van der Waals surface area (Å²) < 4.78 is 40.2. The monoisotopic (exact) mass is 375 g/mol. The third kappa shape index (κ3) is 3.69. The van der Waals surface area contributed by atoms with E-state index in [-0.39, 0.29) is 5.95 Å². The van der Waals surface area contributed by atoms with Crippen LogP contribution in [0.1, 0.15) is 5.69 Å². The second kappa shape index (κ2) is 6.86. The maximum Gasteiger partial charge on any atom is 0.433 e. The van der Waals surface area contributed by atoms with Gasteiger partial charge in [0.25, 0.3) is 0 Å². The maximum atomic E-state index is 12.8. The van der Waals surface area contributed by atoms with Gasteiger partial charge in [0.05, 0.1) is 0 Å². The van der Waals surface area contributed by atoms with Crippen molar-refractivity contribution < 1.29 is 13.2 Å². The molecule has 3 aromatic heterocycles. The van der Waals surface area contributed by atoms with E-state index < -0.39 is 11.9 Å². The van der Waals surface area contributed by atoms with Gasteiger partial charge in [-0.1, -0.05) is 6.07 Å². The Labute approximate surface area is 153 Å². The zero-order valence-electron chi connectivity index (χ0n) is 14.2. The van der Waals surface area contributed by atoms with Crippen LogP contribution in [0, 0.1) is 0 Å². The molecule has 0 N–H and O–H groups in total. The molecule has 0 radical (unpaired) electrons. The molecule has 1 fully saturated rings. The average molecular weight is 375 g/mol. The molecule has 0 saturated carbocycles. The predicted octanol–water partition coefficient (Wildman–Crippen LogP) is 2.40. The molecule has 1 aliphatic rings. The van der Waals surface area contributed by atoms with Crippen LogP contribution < -0.4 is 9.80 Å². The topological polar surface area (TPSA) is 63.0 Å². The lowest BCUT2D eigenvalue weighted by Crippen LogP contribution is -2.47. The third-order valence-electron chi connectivity index (χ3n) is 4.28. The van der Waals surface area contributed by atoms with Gasteiger partial charge in [-0.05, 0) is 24.3 Å². The highest BCUT2D eigenvalue weighted by Crippen LogP contribution is 2.28. The van der Waals surface area contributed by atoms with E-state index >= 15 is 0 Å². The second-order valence-electron chi connectivity index (χ2n) is 6.02. The summed E-state index contributed by atoms with van der Waals surface area (Å²) in [5.74, 6) is 1.61. The van der Waals surface area contributed by atoms with Gasteiger partial charge in [0.15, 0.2) is 5.82 Å². The number of hydrogen-bond donors (Lipinski definition) is 0. The molecule has 0 spiro atoms. The highest BCUT2D eigenvalue weighted by Gasteiger charge is 2.33. The second-order valence-corrected chi connectivity index (χ2v) is 6.02. The first kappa shape index (κ1) is 17.3. The number of alkyl halides is 3. The molecule has 0 bridgehead atoms. The fourth-order valence-electron chi connectivity index (χ4n) is 2.91. The van der Waals surface area contributed by atoms with Crippen molar-refractivity contribution >= 4 is 11.8 Å². The smallest absolute Gasteiger partial charge is 0.353 e. The van der Waals surface area contributed by atoms with E-state index in [4.69, 9.17) is 0 Å². The fraction of sp³-hybridized carbons (Fsp3) is 0.294.